The van der Waals surface area contributed by atoms with Gasteiger partial charge in [0.1, 0.15) is 28.6 Å². The van der Waals surface area contributed by atoms with Gasteiger partial charge < -0.3 is 50.6 Å². The molecule has 0 aliphatic carbocycles. The van der Waals surface area contributed by atoms with Crippen molar-refractivity contribution in [3.8, 4) is 45.8 Å². The number of hydrogen-bond donors (Lipinski definition) is 5. The first kappa shape index (κ1) is 54.2. The van der Waals surface area contributed by atoms with Crippen LogP contribution in [0.15, 0.2) is 90.2 Å². The SMILES string of the molecule is CCNC(=O)c1nnc(-c2cc(C(C)C)c(O)cc2O)n1-c1ccc(CN2CCN(C(=O)c3ccc(OC(=O)N4CCN(CCCOc5ccc6c7n(c(=NC(=O)c8cnc(N)nc8)nc6c5OC)CCN7)CC4)cc3)CC2)cc1. The molecule has 6 heterocycles. The number of piperazine rings is 2. The molecule has 0 bridgehead atoms. The molecular formula is C56H63N15O9. The highest BCUT2D eigenvalue weighted by Crippen LogP contribution is 2.39. The molecule has 4 aromatic carbocycles. The molecule has 24 heteroatoms. The van der Waals surface area contributed by atoms with Gasteiger partial charge >= 0.3 is 6.09 Å². The van der Waals surface area contributed by atoms with Gasteiger partial charge in [-0.15, -0.1) is 10.2 Å². The topological polar surface area (TPSA) is 286 Å². The van der Waals surface area contributed by atoms with Crippen LogP contribution in [0.4, 0.5) is 16.6 Å². The number of hydrogen-bond acceptors (Lipinski definition) is 18. The molecule has 416 valence electrons. The van der Waals surface area contributed by atoms with Crippen molar-refractivity contribution in [3.05, 3.63) is 119 Å². The van der Waals surface area contributed by atoms with E-state index in [1.807, 2.05) is 66.6 Å². The fourth-order valence-electron chi connectivity index (χ4n) is 10.0. The van der Waals surface area contributed by atoms with Crippen LogP contribution in [0.2, 0.25) is 0 Å². The molecule has 6 N–H and O–H groups in total. The Bertz CT molecular complexity index is 3500. The Morgan fingerprint density at radius 3 is 2.24 bits per heavy atom. The number of phenolic OH excluding ortho intramolecular Hbond substituents is 2. The number of phenols is 2. The lowest BCUT2D eigenvalue weighted by Crippen LogP contribution is -2.49. The van der Waals surface area contributed by atoms with Gasteiger partial charge in [-0.25, -0.2) is 19.7 Å². The number of amides is 4. The number of methoxy groups -OCH3 is 1. The van der Waals surface area contributed by atoms with E-state index in [4.69, 9.17) is 24.9 Å². The molecule has 0 saturated carbocycles. The first-order valence-electron chi connectivity index (χ1n) is 26.6. The summed E-state index contributed by atoms with van der Waals surface area (Å²) < 4.78 is 21.2. The van der Waals surface area contributed by atoms with E-state index in [0.717, 1.165) is 23.3 Å². The maximum absolute atomic E-state index is 13.6. The van der Waals surface area contributed by atoms with Gasteiger partial charge in [-0.1, -0.05) is 26.0 Å². The van der Waals surface area contributed by atoms with Gasteiger partial charge in [-0.2, -0.15) is 4.99 Å². The van der Waals surface area contributed by atoms with E-state index in [0.29, 0.717) is 137 Å². The molecule has 3 aromatic heterocycles. The molecule has 7 aromatic rings. The van der Waals surface area contributed by atoms with Crippen molar-refractivity contribution in [1.82, 2.24) is 59.2 Å². The smallest absolute Gasteiger partial charge is 0.415 e. The van der Waals surface area contributed by atoms with Crippen molar-refractivity contribution in [2.24, 2.45) is 4.99 Å². The minimum Gasteiger partial charge on any atom is -0.508 e. The first-order chi connectivity index (χ1) is 38.8. The normalized spacial score (nSPS) is 15.0. The van der Waals surface area contributed by atoms with Crippen LogP contribution in [0.3, 0.4) is 0 Å². The first-order valence-corrected chi connectivity index (χ1v) is 26.6. The van der Waals surface area contributed by atoms with Gasteiger partial charge in [0.25, 0.3) is 17.7 Å². The lowest BCUT2D eigenvalue weighted by atomic mass is 9.98. The number of nitrogens with two attached hydrogens (primary N) is 1. The molecular weight excluding hydrogens is 1030 g/mol. The van der Waals surface area contributed by atoms with Crippen LogP contribution in [0, 0.1) is 0 Å². The predicted molar refractivity (Wildman–Crippen MR) is 295 cm³/mol. The second-order valence-electron chi connectivity index (χ2n) is 19.9. The third-order valence-electron chi connectivity index (χ3n) is 14.3. The van der Waals surface area contributed by atoms with Gasteiger partial charge in [0.2, 0.25) is 17.4 Å². The summed E-state index contributed by atoms with van der Waals surface area (Å²) in [5.74, 6) is 1.09. The highest BCUT2D eigenvalue weighted by atomic mass is 16.6. The van der Waals surface area contributed by atoms with Crippen LogP contribution in [-0.4, -0.2) is 174 Å². The Labute approximate surface area is 460 Å². The van der Waals surface area contributed by atoms with Gasteiger partial charge in [-0.3, -0.25) is 33.3 Å². The Balaban J connectivity index is 0.672. The number of nitrogen functional groups attached to an aromatic ring is 1. The molecule has 2 fully saturated rings. The molecule has 80 heavy (non-hydrogen) atoms. The van der Waals surface area contributed by atoms with Crippen molar-refractivity contribution in [2.45, 2.75) is 46.2 Å². The molecule has 10 rings (SSSR count). The number of benzene rings is 4. The molecule has 24 nitrogen and oxygen atoms in total. The van der Waals surface area contributed by atoms with Crippen molar-refractivity contribution < 1.29 is 43.6 Å². The Hall–Kier alpha value is -9.16. The molecule has 2 saturated heterocycles. The fourth-order valence-corrected chi connectivity index (χ4v) is 10.0. The van der Waals surface area contributed by atoms with E-state index in [9.17, 15) is 29.4 Å². The number of aromatic hydroxyl groups is 2. The number of carbonyl (C=O) groups excluding carboxylic acids is 4. The molecule has 3 aliphatic heterocycles. The lowest BCUT2D eigenvalue weighted by Gasteiger charge is -2.35. The molecule has 0 spiro atoms. The largest absolute Gasteiger partial charge is 0.508 e. The highest BCUT2D eigenvalue weighted by Gasteiger charge is 2.28. The van der Waals surface area contributed by atoms with Crippen LogP contribution in [0.1, 0.15) is 75.6 Å². The summed E-state index contributed by atoms with van der Waals surface area (Å²) in [4.78, 5) is 77.9. The van der Waals surface area contributed by atoms with E-state index < -0.39 is 17.9 Å². The number of anilines is 2. The number of ether oxygens (including phenoxy) is 3. The number of fused-ring (bicyclic) bond motifs is 3. The van der Waals surface area contributed by atoms with E-state index in [-0.39, 0.29) is 52.1 Å². The zero-order chi connectivity index (χ0) is 56.0. The van der Waals surface area contributed by atoms with Gasteiger partial charge in [0, 0.05) is 120 Å². The number of aromatic nitrogens is 7. The molecule has 0 atom stereocenters. The Kier molecular flexibility index (Phi) is 16.1. The second-order valence-corrected chi connectivity index (χ2v) is 19.9. The van der Waals surface area contributed by atoms with Gasteiger partial charge in [-0.05, 0) is 85.0 Å². The van der Waals surface area contributed by atoms with E-state index >= 15 is 0 Å². The zero-order valence-electron chi connectivity index (χ0n) is 45.0. The summed E-state index contributed by atoms with van der Waals surface area (Å²) in [6.45, 7) is 13.7. The summed E-state index contributed by atoms with van der Waals surface area (Å²) >= 11 is 0. The maximum atomic E-state index is 13.6. The van der Waals surface area contributed by atoms with Crippen molar-refractivity contribution in [2.75, 3.05) is 96.8 Å². The van der Waals surface area contributed by atoms with E-state index in [1.165, 1.54) is 18.5 Å². The molecule has 0 unspecified atom stereocenters. The standard InChI is InChI=1S/C56H63N15O9/c1-5-58-52(75)50-65-64-49(42-29-41(34(2)3)43(72)30-44(42)73)71(50)38-11-7-35(8-12-38)33-67-22-24-68(25-23-67)53(76)36-9-13-39(14-10-36)80-56(77)69-26-20-66(21-27-69)18-6-28-79-45-16-15-40-46(47(45)78-4)62-55(70-19-17-59-48(40)70)63-51(74)37-31-60-54(57)61-32-37/h7-16,29-32,34,59,72-73H,5-6,17-28,33H2,1-4H3,(H,58,75)(H2,57,60,61). The van der Waals surface area contributed by atoms with E-state index in [1.54, 1.807) is 46.9 Å². The van der Waals surface area contributed by atoms with Crippen LogP contribution in [-0.2, 0) is 13.1 Å². The third-order valence-corrected chi connectivity index (χ3v) is 14.3. The molecule has 4 amide bonds. The maximum Gasteiger partial charge on any atom is 0.415 e. The quantitative estimate of drug-likeness (QED) is 0.0823. The fraction of sp³-hybridized carbons (Fsp3) is 0.357. The van der Waals surface area contributed by atoms with Crippen LogP contribution >= 0.6 is 0 Å². The summed E-state index contributed by atoms with van der Waals surface area (Å²) in [5, 5.41) is 36.9. The average Bonchev–Trinajstić information content (AvgIpc) is 4.30. The summed E-state index contributed by atoms with van der Waals surface area (Å²) in [7, 11) is 1.55. The third kappa shape index (κ3) is 11.7. The van der Waals surface area contributed by atoms with Crippen molar-refractivity contribution in [3.63, 3.8) is 0 Å². The minimum atomic E-state index is -0.554. The summed E-state index contributed by atoms with van der Waals surface area (Å²) in [5.41, 5.74) is 9.58. The number of nitrogens with one attached hydrogen (secondary N) is 2. The molecule has 3 aliphatic rings. The minimum absolute atomic E-state index is 0.0312. The number of rotatable bonds is 16. The monoisotopic (exact) mass is 1090 g/mol. The lowest BCUT2D eigenvalue weighted by molar-refractivity contribution is 0.0628. The van der Waals surface area contributed by atoms with Crippen molar-refractivity contribution in [1.29, 1.82) is 0 Å². The Morgan fingerprint density at radius 2 is 1.54 bits per heavy atom. The van der Waals surface area contributed by atoms with Crippen molar-refractivity contribution >= 4 is 46.5 Å². The van der Waals surface area contributed by atoms with Crippen LogP contribution < -0.4 is 36.2 Å². The van der Waals surface area contributed by atoms with Crippen LogP contribution in [0.25, 0.3) is 28.0 Å². The highest BCUT2D eigenvalue weighted by molar-refractivity contribution is 5.97. The summed E-state index contributed by atoms with van der Waals surface area (Å²) in [6, 6.07) is 21.1. The second kappa shape index (κ2) is 23.8. The van der Waals surface area contributed by atoms with Gasteiger partial charge in [0.05, 0.1) is 24.8 Å². The Morgan fingerprint density at radius 1 is 0.825 bits per heavy atom. The van der Waals surface area contributed by atoms with Crippen LogP contribution in [0.5, 0.6) is 28.7 Å². The van der Waals surface area contributed by atoms with E-state index in [2.05, 4.69) is 45.6 Å². The molecule has 0 radical (unpaired) electrons. The average molecular weight is 1090 g/mol. The summed E-state index contributed by atoms with van der Waals surface area (Å²) in [6.07, 6.45) is 2.92. The number of carbonyl (C=O) groups is 4. The predicted octanol–water partition coefficient (Wildman–Crippen LogP) is 4.66. The number of nitrogens with zero attached hydrogens (tertiary/aromatic N) is 12. The zero-order valence-corrected chi connectivity index (χ0v) is 45.0. The van der Waals surface area contributed by atoms with Gasteiger partial charge in [0.15, 0.2) is 17.3 Å².